The van der Waals surface area contributed by atoms with E-state index in [4.69, 9.17) is 21.7 Å². The van der Waals surface area contributed by atoms with Crippen LogP contribution in [-0.4, -0.2) is 34.7 Å². The van der Waals surface area contributed by atoms with Gasteiger partial charge in [-0.15, -0.1) is 0 Å². The molecule has 0 spiro atoms. The number of hydrazone groups is 1. The maximum atomic E-state index is 12.6. The fraction of sp³-hybridized carbons (Fsp3) is 0.190. The van der Waals surface area contributed by atoms with Crippen LogP contribution in [0.15, 0.2) is 58.5 Å². The molecule has 2 aromatic carbocycles. The second kappa shape index (κ2) is 9.52. The number of thioether (sulfide) groups is 1. The first-order valence-electron chi connectivity index (χ1n) is 8.88. The van der Waals surface area contributed by atoms with E-state index in [2.05, 4.69) is 5.10 Å². The van der Waals surface area contributed by atoms with Crippen molar-refractivity contribution in [3.8, 4) is 11.5 Å². The Hall–Kier alpha value is -2.64. The first kappa shape index (κ1) is 20.1. The van der Waals surface area contributed by atoms with Gasteiger partial charge in [0.1, 0.15) is 11.5 Å². The molecule has 1 saturated heterocycles. The average molecular weight is 413 g/mol. The maximum absolute atomic E-state index is 12.6. The number of hydrogen-bond donors (Lipinski definition) is 0. The Morgan fingerprint density at radius 1 is 0.964 bits per heavy atom. The monoisotopic (exact) mass is 412 g/mol. The van der Waals surface area contributed by atoms with Gasteiger partial charge in [0, 0.05) is 0 Å². The zero-order valence-electron chi connectivity index (χ0n) is 15.6. The number of carbonyl (C=O) groups is 1. The fourth-order valence-corrected chi connectivity index (χ4v) is 3.65. The van der Waals surface area contributed by atoms with Crippen LogP contribution < -0.4 is 9.47 Å². The van der Waals surface area contributed by atoms with E-state index in [9.17, 15) is 4.79 Å². The van der Waals surface area contributed by atoms with Gasteiger partial charge in [-0.3, -0.25) is 4.79 Å². The average Bonchev–Trinajstić information content (AvgIpc) is 2.96. The molecule has 1 amide bonds. The van der Waals surface area contributed by atoms with E-state index in [1.54, 1.807) is 12.3 Å². The lowest BCUT2D eigenvalue weighted by atomic mass is 10.2. The molecule has 2 aromatic rings. The van der Waals surface area contributed by atoms with Crippen molar-refractivity contribution in [3.05, 3.63) is 64.6 Å². The van der Waals surface area contributed by atoms with Crippen molar-refractivity contribution in [2.75, 3.05) is 13.2 Å². The molecular weight excluding hydrogens is 392 g/mol. The van der Waals surface area contributed by atoms with Gasteiger partial charge in [0.05, 0.1) is 24.3 Å². The van der Waals surface area contributed by atoms with Crippen LogP contribution in [0.1, 0.15) is 25.0 Å². The van der Waals surface area contributed by atoms with Crippen molar-refractivity contribution in [2.45, 2.75) is 13.8 Å². The van der Waals surface area contributed by atoms with E-state index in [1.807, 2.05) is 62.4 Å². The quantitative estimate of drug-likeness (QED) is 0.374. The molecule has 1 heterocycles. The van der Waals surface area contributed by atoms with Crippen molar-refractivity contribution >= 4 is 46.5 Å². The second-order valence-corrected chi connectivity index (χ2v) is 7.42. The van der Waals surface area contributed by atoms with Gasteiger partial charge in [0.25, 0.3) is 5.91 Å². The van der Waals surface area contributed by atoms with Crippen LogP contribution in [0, 0.1) is 0 Å². The van der Waals surface area contributed by atoms with Crippen molar-refractivity contribution in [1.29, 1.82) is 0 Å². The van der Waals surface area contributed by atoms with E-state index in [0.717, 1.165) is 22.6 Å². The molecule has 1 aliphatic heterocycles. The standard InChI is InChI=1S/C21H20N2O3S2/c1-3-25-17-9-5-15(6-10-17)13-19-20(24)23(21(27)28-19)22-14-16-7-11-18(12-8-16)26-4-2/h5-14H,3-4H2,1-2H3/b19-13+,22-14+. The second-order valence-electron chi connectivity index (χ2n) is 5.74. The summed E-state index contributed by atoms with van der Waals surface area (Å²) in [5, 5.41) is 5.50. The molecule has 0 N–H and O–H groups in total. The summed E-state index contributed by atoms with van der Waals surface area (Å²) in [5.74, 6) is 1.36. The van der Waals surface area contributed by atoms with Crippen LogP contribution in [0.25, 0.3) is 6.08 Å². The maximum Gasteiger partial charge on any atom is 0.286 e. The smallest absolute Gasteiger partial charge is 0.286 e. The SMILES string of the molecule is CCOc1ccc(/C=N/N2C(=O)/C(=C\c3ccc(OCC)cc3)SC2=S)cc1. The number of amides is 1. The van der Waals surface area contributed by atoms with Gasteiger partial charge in [-0.25, -0.2) is 0 Å². The number of carbonyl (C=O) groups excluding carboxylic acids is 1. The predicted octanol–water partition coefficient (Wildman–Crippen LogP) is 4.72. The predicted molar refractivity (Wildman–Crippen MR) is 118 cm³/mol. The van der Waals surface area contributed by atoms with E-state index < -0.39 is 0 Å². The van der Waals surface area contributed by atoms with Gasteiger partial charge < -0.3 is 9.47 Å². The summed E-state index contributed by atoms with van der Waals surface area (Å²) < 4.78 is 11.3. The van der Waals surface area contributed by atoms with Crippen molar-refractivity contribution in [2.24, 2.45) is 5.10 Å². The number of thiocarbonyl (C=S) groups is 1. The molecule has 0 saturated carbocycles. The van der Waals surface area contributed by atoms with Gasteiger partial charge in [-0.1, -0.05) is 23.9 Å². The molecule has 3 rings (SSSR count). The number of nitrogens with zero attached hydrogens (tertiary/aromatic N) is 2. The molecule has 1 fully saturated rings. The molecule has 0 aliphatic carbocycles. The summed E-state index contributed by atoms with van der Waals surface area (Å²) >= 11 is 6.55. The summed E-state index contributed by atoms with van der Waals surface area (Å²) in [6.07, 6.45) is 3.42. The Morgan fingerprint density at radius 3 is 2.04 bits per heavy atom. The Bertz CT molecular complexity index is 906. The molecular formula is C21H20N2O3S2. The van der Waals surface area contributed by atoms with Crippen LogP contribution >= 0.6 is 24.0 Å². The zero-order chi connectivity index (χ0) is 19.9. The number of benzene rings is 2. The minimum atomic E-state index is -0.230. The van der Waals surface area contributed by atoms with Crippen LogP contribution in [-0.2, 0) is 4.79 Å². The van der Waals surface area contributed by atoms with Gasteiger partial charge in [-0.05, 0) is 79.7 Å². The fourth-order valence-electron chi connectivity index (χ4n) is 2.48. The van der Waals surface area contributed by atoms with Gasteiger partial charge in [-0.2, -0.15) is 10.1 Å². The highest BCUT2D eigenvalue weighted by atomic mass is 32.2. The molecule has 144 valence electrons. The topological polar surface area (TPSA) is 51.1 Å². The number of ether oxygens (including phenoxy) is 2. The molecule has 0 radical (unpaired) electrons. The summed E-state index contributed by atoms with van der Waals surface area (Å²) in [6, 6.07) is 15.0. The molecule has 0 atom stereocenters. The van der Waals surface area contributed by atoms with E-state index in [0.29, 0.717) is 22.4 Å². The molecule has 0 bridgehead atoms. The van der Waals surface area contributed by atoms with Crippen molar-refractivity contribution < 1.29 is 14.3 Å². The van der Waals surface area contributed by atoms with E-state index >= 15 is 0 Å². The first-order chi connectivity index (χ1) is 13.6. The molecule has 7 heteroatoms. The highest BCUT2D eigenvalue weighted by molar-refractivity contribution is 8.26. The zero-order valence-corrected chi connectivity index (χ0v) is 17.3. The van der Waals surface area contributed by atoms with Crippen LogP contribution in [0.2, 0.25) is 0 Å². The Labute approximate surface area is 174 Å². The lowest BCUT2D eigenvalue weighted by molar-refractivity contribution is -0.122. The van der Waals surface area contributed by atoms with Crippen molar-refractivity contribution in [1.82, 2.24) is 5.01 Å². The summed E-state index contributed by atoms with van der Waals surface area (Å²) in [7, 11) is 0. The normalized spacial score (nSPS) is 15.6. The Kier molecular flexibility index (Phi) is 6.84. The summed E-state index contributed by atoms with van der Waals surface area (Å²) in [5.41, 5.74) is 1.76. The molecule has 1 aliphatic rings. The van der Waals surface area contributed by atoms with E-state index in [1.165, 1.54) is 16.8 Å². The lowest BCUT2D eigenvalue weighted by Crippen LogP contribution is -2.22. The van der Waals surface area contributed by atoms with E-state index in [-0.39, 0.29) is 5.91 Å². The highest BCUT2D eigenvalue weighted by Gasteiger charge is 2.32. The third-order valence-electron chi connectivity index (χ3n) is 3.78. The summed E-state index contributed by atoms with van der Waals surface area (Å²) in [4.78, 5) is 13.2. The Balaban J connectivity index is 1.70. The van der Waals surface area contributed by atoms with Crippen LogP contribution in [0.5, 0.6) is 11.5 Å². The number of rotatable bonds is 7. The molecule has 28 heavy (non-hydrogen) atoms. The van der Waals surface area contributed by atoms with Crippen molar-refractivity contribution in [3.63, 3.8) is 0 Å². The third kappa shape index (κ3) is 4.99. The highest BCUT2D eigenvalue weighted by Crippen LogP contribution is 2.33. The third-order valence-corrected chi connectivity index (χ3v) is 5.06. The molecule has 5 nitrogen and oxygen atoms in total. The summed E-state index contributed by atoms with van der Waals surface area (Å²) in [6.45, 7) is 5.10. The largest absolute Gasteiger partial charge is 0.494 e. The van der Waals surface area contributed by atoms with Gasteiger partial charge in [0.2, 0.25) is 0 Å². The minimum absolute atomic E-state index is 0.230. The van der Waals surface area contributed by atoms with Gasteiger partial charge in [0.15, 0.2) is 4.32 Å². The minimum Gasteiger partial charge on any atom is -0.494 e. The number of hydrogen-bond acceptors (Lipinski definition) is 6. The Morgan fingerprint density at radius 2 is 1.50 bits per heavy atom. The van der Waals surface area contributed by atoms with Crippen LogP contribution in [0.4, 0.5) is 0 Å². The molecule has 0 aromatic heterocycles. The first-order valence-corrected chi connectivity index (χ1v) is 10.1. The molecule has 0 unspecified atom stereocenters. The lowest BCUT2D eigenvalue weighted by Gasteiger charge is -2.06. The van der Waals surface area contributed by atoms with Gasteiger partial charge >= 0.3 is 0 Å². The van der Waals surface area contributed by atoms with Crippen LogP contribution in [0.3, 0.4) is 0 Å².